The van der Waals surface area contributed by atoms with Gasteiger partial charge in [-0.15, -0.1) is 0 Å². The van der Waals surface area contributed by atoms with Crippen LogP contribution < -0.4 is 5.32 Å². The Labute approximate surface area is 171 Å². The predicted molar refractivity (Wildman–Crippen MR) is 115 cm³/mol. The molecule has 1 atom stereocenters. The molecule has 1 aliphatic rings. The number of rotatable bonds is 4. The summed E-state index contributed by atoms with van der Waals surface area (Å²) in [5, 5.41) is 4.10. The molecule has 3 aromatic rings. The first-order valence-corrected chi connectivity index (χ1v) is 10.0. The zero-order valence-electron chi connectivity index (χ0n) is 17.4. The van der Waals surface area contributed by atoms with Gasteiger partial charge >= 0.3 is 0 Å². The van der Waals surface area contributed by atoms with Crippen molar-refractivity contribution in [3.8, 4) is 0 Å². The van der Waals surface area contributed by atoms with Crippen LogP contribution in [0.1, 0.15) is 60.4 Å². The van der Waals surface area contributed by atoms with Crippen LogP contribution in [-0.4, -0.2) is 33.8 Å². The Morgan fingerprint density at radius 2 is 1.79 bits per heavy atom. The average molecular weight is 389 g/mol. The summed E-state index contributed by atoms with van der Waals surface area (Å²) in [5.74, 6) is -0.0607. The van der Waals surface area contributed by atoms with Crippen molar-refractivity contribution in [3.05, 3.63) is 70.9 Å². The molecule has 2 heterocycles. The van der Waals surface area contributed by atoms with Gasteiger partial charge < -0.3 is 15.2 Å². The summed E-state index contributed by atoms with van der Waals surface area (Å²) < 4.78 is 0. The van der Waals surface area contributed by atoms with Crippen LogP contribution in [0.25, 0.3) is 10.9 Å². The highest BCUT2D eigenvalue weighted by molar-refractivity contribution is 6.01. The monoisotopic (exact) mass is 389 g/mol. The van der Waals surface area contributed by atoms with Crippen molar-refractivity contribution in [1.82, 2.24) is 15.2 Å². The zero-order valence-corrected chi connectivity index (χ0v) is 17.4. The van der Waals surface area contributed by atoms with Crippen molar-refractivity contribution in [3.63, 3.8) is 0 Å². The van der Waals surface area contributed by atoms with E-state index in [9.17, 15) is 9.59 Å². The van der Waals surface area contributed by atoms with E-state index < -0.39 is 0 Å². The Bertz CT molecular complexity index is 1090. The Kier molecular flexibility index (Phi) is 4.69. The second kappa shape index (κ2) is 7.07. The first-order chi connectivity index (χ1) is 13.8. The van der Waals surface area contributed by atoms with E-state index in [2.05, 4.69) is 22.4 Å². The smallest absolute Gasteiger partial charge is 0.255 e. The summed E-state index contributed by atoms with van der Waals surface area (Å²) in [4.78, 5) is 30.9. The summed E-state index contributed by atoms with van der Waals surface area (Å²) in [5.41, 5.74) is 4.64. The Balaban J connectivity index is 1.73. The van der Waals surface area contributed by atoms with Crippen molar-refractivity contribution < 1.29 is 9.59 Å². The second-order valence-corrected chi connectivity index (χ2v) is 8.75. The van der Waals surface area contributed by atoms with E-state index in [1.165, 1.54) is 0 Å². The van der Waals surface area contributed by atoms with E-state index in [1.54, 1.807) is 0 Å². The topological polar surface area (TPSA) is 65.2 Å². The van der Waals surface area contributed by atoms with Gasteiger partial charge in [0.15, 0.2) is 0 Å². The number of H-pyrrole nitrogens is 1. The largest absolute Gasteiger partial charge is 0.358 e. The number of aromatic nitrogens is 1. The molecule has 0 aliphatic carbocycles. The van der Waals surface area contributed by atoms with Crippen LogP contribution in [0.2, 0.25) is 0 Å². The van der Waals surface area contributed by atoms with E-state index >= 15 is 0 Å². The molecule has 2 aromatic carbocycles. The number of fused-ring (bicyclic) bond motifs is 2. The number of carbonyl (C=O) groups excluding carboxylic acids is 2. The normalized spacial score (nSPS) is 16.3. The van der Waals surface area contributed by atoms with Crippen molar-refractivity contribution in [2.45, 2.75) is 45.7 Å². The Morgan fingerprint density at radius 3 is 2.55 bits per heavy atom. The molecule has 0 bridgehead atoms. The van der Waals surface area contributed by atoms with Gasteiger partial charge in [0.1, 0.15) is 0 Å². The highest BCUT2D eigenvalue weighted by atomic mass is 16.2. The van der Waals surface area contributed by atoms with E-state index in [4.69, 9.17) is 0 Å². The van der Waals surface area contributed by atoms with Gasteiger partial charge in [-0.1, -0.05) is 36.4 Å². The lowest BCUT2D eigenvalue weighted by atomic mass is 9.95. The number of amides is 2. The van der Waals surface area contributed by atoms with E-state index in [-0.39, 0.29) is 29.8 Å². The summed E-state index contributed by atoms with van der Waals surface area (Å²) >= 11 is 0. The van der Waals surface area contributed by atoms with Crippen LogP contribution in [0.15, 0.2) is 48.5 Å². The Morgan fingerprint density at radius 1 is 1.10 bits per heavy atom. The molecule has 2 N–H and O–H groups in total. The molecule has 5 nitrogen and oxygen atoms in total. The molecule has 2 amide bonds. The summed E-state index contributed by atoms with van der Waals surface area (Å²) in [6.07, 6.45) is 0.273. The third-order valence-electron chi connectivity index (χ3n) is 5.37. The highest BCUT2D eigenvalue weighted by Crippen LogP contribution is 2.42. The third kappa shape index (κ3) is 3.53. The molecule has 1 aromatic heterocycles. The number of aryl methyl sites for hydroxylation is 1. The van der Waals surface area contributed by atoms with E-state index in [0.29, 0.717) is 6.54 Å². The number of hydrogen-bond donors (Lipinski definition) is 2. The van der Waals surface area contributed by atoms with Crippen LogP contribution in [-0.2, 0) is 4.79 Å². The van der Waals surface area contributed by atoms with Gasteiger partial charge in [-0.25, -0.2) is 0 Å². The van der Waals surface area contributed by atoms with Gasteiger partial charge in [0, 0.05) is 46.2 Å². The first kappa shape index (κ1) is 19.2. The predicted octanol–water partition coefficient (Wildman–Crippen LogP) is 4.33. The maximum absolute atomic E-state index is 13.2. The van der Waals surface area contributed by atoms with Crippen molar-refractivity contribution >= 4 is 22.7 Å². The summed E-state index contributed by atoms with van der Waals surface area (Å²) in [7, 11) is 0. The maximum atomic E-state index is 13.2. The fourth-order valence-corrected chi connectivity index (χ4v) is 4.27. The van der Waals surface area contributed by atoms with Gasteiger partial charge in [-0.2, -0.15) is 0 Å². The minimum absolute atomic E-state index is 0.0150. The number of carbonyl (C=O) groups is 2. The molecule has 0 unspecified atom stereocenters. The molecule has 29 heavy (non-hydrogen) atoms. The molecule has 0 saturated heterocycles. The molecular formula is C24H27N3O2. The zero-order chi connectivity index (χ0) is 20.8. The standard InChI is InChI=1S/C24H27N3O2/c1-15-21(18-11-7-8-12-19(18)25-15)22-16-9-5-6-10-17(16)23(29)27(22)14-13-20(28)26-24(2,3)4/h5-12,22,25H,13-14H2,1-4H3,(H,26,28)/t22-/m0/s1. The lowest BCUT2D eigenvalue weighted by Crippen LogP contribution is -2.42. The minimum Gasteiger partial charge on any atom is -0.358 e. The minimum atomic E-state index is -0.290. The molecule has 150 valence electrons. The first-order valence-electron chi connectivity index (χ1n) is 10.0. The highest BCUT2D eigenvalue weighted by Gasteiger charge is 2.39. The van der Waals surface area contributed by atoms with Crippen LogP contribution in [0.3, 0.4) is 0 Å². The summed E-state index contributed by atoms with van der Waals surface area (Å²) in [6, 6.07) is 15.7. The fraction of sp³-hybridized carbons (Fsp3) is 0.333. The maximum Gasteiger partial charge on any atom is 0.255 e. The third-order valence-corrected chi connectivity index (χ3v) is 5.37. The fourth-order valence-electron chi connectivity index (χ4n) is 4.27. The molecule has 0 spiro atoms. The van der Waals surface area contributed by atoms with Gasteiger partial charge in [0.05, 0.1) is 6.04 Å². The van der Waals surface area contributed by atoms with Gasteiger partial charge in [0.25, 0.3) is 5.91 Å². The van der Waals surface area contributed by atoms with Crippen molar-refractivity contribution in [2.75, 3.05) is 6.54 Å². The number of benzene rings is 2. The average Bonchev–Trinajstić information content (AvgIpc) is 3.12. The second-order valence-electron chi connectivity index (χ2n) is 8.75. The number of para-hydroxylation sites is 1. The van der Waals surface area contributed by atoms with Crippen LogP contribution in [0, 0.1) is 6.92 Å². The van der Waals surface area contributed by atoms with Crippen LogP contribution in [0.5, 0.6) is 0 Å². The quantitative estimate of drug-likeness (QED) is 0.698. The molecule has 1 aliphatic heterocycles. The molecule has 4 rings (SSSR count). The van der Waals surface area contributed by atoms with Gasteiger partial charge in [0.2, 0.25) is 5.91 Å². The molecule has 0 saturated carbocycles. The number of nitrogens with zero attached hydrogens (tertiary/aromatic N) is 1. The summed E-state index contributed by atoms with van der Waals surface area (Å²) in [6.45, 7) is 8.30. The van der Waals surface area contributed by atoms with Crippen molar-refractivity contribution in [2.24, 2.45) is 0 Å². The number of aromatic amines is 1. The molecule has 5 heteroatoms. The SMILES string of the molecule is Cc1[nH]c2ccccc2c1[C@@H]1c2ccccc2C(=O)N1CCC(=O)NC(C)(C)C. The van der Waals surface area contributed by atoms with Crippen LogP contribution in [0.4, 0.5) is 0 Å². The Hall–Kier alpha value is -3.08. The van der Waals surface area contributed by atoms with Gasteiger partial charge in [-0.05, 0) is 45.4 Å². The van der Waals surface area contributed by atoms with Crippen molar-refractivity contribution in [1.29, 1.82) is 0 Å². The number of hydrogen-bond acceptors (Lipinski definition) is 2. The molecule has 0 fully saturated rings. The lowest BCUT2D eigenvalue weighted by molar-refractivity contribution is -0.122. The lowest BCUT2D eigenvalue weighted by Gasteiger charge is -2.27. The van der Waals surface area contributed by atoms with E-state index in [0.717, 1.165) is 33.3 Å². The molecule has 0 radical (unpaired) electrons. The molecular weight excluding hydrogens is 362 g/mol. The van der Waals surface area contributed by atoms with Crippen LogP contribution >= 0.6 is 0 Å². The number of nitrogens with one attached hydrogen (secondary N) is 2. The van der Waals surface area contributed by atoms with Gasteiger partial charge in [-0.3, -0.25) is 9.59 Å². The van der Waals surface area contributed by atoms with E-state index in [1.807, 2.05) is 69.0 Å².